The molecule has 0 aliphatic carbocycles. The fourth-order valence-corrected chi connectivity index (χ4v) is 2.09. The standard InChI is InChI=1S/C14H18O4.C3H6O3/c1-7-9(3)14(17)10(4)8(2)13(7)11(15)6-12(16)18-5;1-5-3(4)6-2/h17H,6H2,1-5H3;1-2H3. The highest BCUT2D eigenvalue weighted by Crippen LogP contribution is 2.32. The van der Waals surface area contributed by atoms with Gasteiger partial charge in [-0.15, -0.1) is 0 Å². The number of rotatable bonds is 3. The monoisotopic (exact) mass is 340 g/mol. The first-order chi connectivity index (χ1) is 11.1. The molecule has 134 valence electrons. The van der Waals surface area contributed by atoms with Gasteiger partial charge in [-0.05, 0) is 49.9 Å². The van der Waals surface area contributed by atoms with Gasteiger partial charge in [-0.2, -0.15) is 0 Å². The van der Waals surface area contributed by atoms with E-state index in [9.17, 15) is 19.5 Å². The normalized spacial score (nSPS) is 9.46. The lowest BCUT2D eigenvalue weighted by atomic mass is 9.90. The number of esters is 1. The van der Waals surface area contributed by atoms with Gasteiger partial charge in [0.05, 0.1) is 21.3 Å². The lowest BCUT2D eigenvalue weighted by molar-refractivity contribution is -0.139. The molecule has 0 bridgehead atoms. The van der Waals surface area contributed by atoms with Crippen LogP contribution in [0.5, 0.6) is 5.75 Å². The van der Waals surface area contributed by atoms with Crippen LogP contribution in [0.1, 0.15) is 39.0 Å². The molecule has 24 heavy (non-hydrogen) atoms. The molecule has 7 nitrogen and oxygen atoms in total. The SMILES string of the molecule is COC(=O)CC(=O)c1c(C)c(C)c(O)c(C)c1C.COC(=O)OC. The summed E-state index contributed by atoms with van der Waals surface area (Å²) in [5.74, 6) is -0.621. The van der Waals surface area contributed by atoms with E-state index >= 15 is 0 Å². The molecule has 1 rings (SSSR count). The van der Waals surface area contributed by atoms with Gasteiger partial charge in [0.15, 0.2) is 5.78 Å². The number of carbonyl (C=O) groups excluding carboxylic acids is 3. The summed E-state index contributed by atoms with van der Waals surface area (Å²) in [7, 11) is 3.76. The fourth-order valence-electron chi connectivity index (χ4n) is 2.09. The van der Waals surface area contributed by atoms with Crippen LogP contribution >= 0.6 is 0 Å². The van der Waals surface area contributed by atoms with E-state index in [2.05, 4.69) is 14.2 Å². The van der Waals surface area contributed by atoms with E-state index in [0.717, 1.165) is 0 Å². The second-order valence-electron chi connectivity index (χ2n) is 5.06. The molecule has 0 saturated heterocycles. The Hall–Kier alpha value is -2.57. The molecule has 0 spiro atoms. The van der Waals surface area contributed by atoms with Crippen LogP contribution in [0.4, 0.5) is 4.79 Å². The first-order valence-electron chi connectivity index (χ1n) is 7.13. The maximum Gasteiger partial charge on any atom is 0.507 e. The van der Waals surface area contributed by atoms with E-state index in [4.69, 9.17) is 0 Å². The zero-order valence-corrected chi connectivity index (χ0v) is 15.1. The predicted molar refractivity (Wildman–Crippen MR) is 87.4 cm³/mol. The van der Waals surface area contributed by atoms with Gasteiger partial charge in [-0.25, -0.2) is 4.79 Å². The predicted octanol–water partition coefficient (Wildman–Crippen LogP) is 2.77. The third-order valence-electron chi connectivity index (χ3n) is 3.73. The van der Waals surface area contributed by atoms with Gasteiger partial charge >= 0.3 is 12.1 Å². The Bertz CT molecular complexity index is 597. The topological polar surface area (TPSA) is 99.1 Å². The van der Waals surface area contributed by atoms with Crippen molar-refractivity contribution >= 4 is 17.9 Å². The van der Waals surface area contributed by atoms with Crippen molar-refractivity contribution in [1.82, 2.24) is 0 Å². The molecule has 0 aliphatic rings. The van der Waals surface area contributed by atoms with Gasteiger partial charge in [0.2, 0.25) is 0 Å². The number of aromatic hydroxyl groups is 1. The van der Waals surface area contributed by atoms with Crippen LogP contribution in [0.15, 0.2) is 0 Å². The third kappa shape index (κ3) is 5.26. The van der Waals surface area contributed by atoms with E-state index < -0.39 is 12.1 Å². The Morgan fingerprint density at radius 3 is 1.50 bits per heavy atom. The van der Waals surface area contributed by atoms with Gasteiger partial charge in [0.1, 0.15) is 12.2 Å². The maximum atomic E-state index is 12.1. The summed E-state index contributed by atoms with van der Waals surface area (Å²) in [6, 6.07) is 0. The van der Waals surface area contributed by atoms with Crippen molar-refractivity contribution in [2.45, 2.75) is 34.1 Å². The summed E-state index contributed by atoms with van der Waals surface area (Å²) >= 11 is 0. The van der Waals surface area contributed by atoms with Crippen LogP contribution in [0.25, 0.3) is 0 Å². The fraction of sp³-hybridized carbons (Fsp3) is 0.471. The average Bonchev–Trinajstić information content (AvgIpc) is 2.57. The minimum Gasteiger partial charge on any atom is -0.507 e. The quantitative estimate of drug-likeness (QED) is 0.513. The first kappa shape index (κ1) is 21.4. The number of phenolic OH excluding ortho intramolecular Hbond substituents is 1. The number of carbonyl (C=O) groups is 3. The molecule has 0 heterocycles. The molecule has 0 aromatic heterocycles. The van der Waals surface area contributed by atoms with E-state index in [-0.39, 0.29) is 18.0 Å². The molecule has 0 fully saturated rings. The van der Waals surface area contributed by atoms with Gasteiger partial charge in [0, 0.05) is 5.56 Å². The summed E-state index contributed by atoms with van der Waals surface area (Å²) in [6.45, 7) is 7.05. The van der Waals surface area contributed by atoms with Crippen LogP contribution in [0, 0.1) is 27.7 Å². The van der Waals surface area contributed by atoms with Gasteiger partial charge in [0.25, 0.3) is 0 Å². The molecule has 1 aromatic rings. The third-order valence-corrected chi connectivity index (χ3v) is 3.73. The van der Waals surface area contributed by atoms with Crippen molar-refractivity contribution in [3.8, 4) is 5.75 Å². The van der Waals surface area contributed by atoms with Crippen molar-refractivity contribution in [3.05, 3.63) is 27.8 Å². The highest BCUT2D eigenvalue weighted by atomic mass is 16.7. The van der Waals surface area contributed by atoms with Crippen LogP contribution in [0.2, 0.25) is 0 Å². The van der Waals surface area contributed by atoms with E-state index in [1.54, 1.807) is 27.7 Å². The van der Waals surface area contributed by atoms with Crippen molar-refractivity contribution in [2.24, 2.45) is 0 Å². The molecule has 1 aromatic carbocycles. The molecule has 7 heteroatoms. The second kappa shape index (κ2) is 9.54. The second-order valence-corrected chi connectivity index (χ2v) is 5.06. The Morgan fingerprint density at radius 1 is 0.792 bits per heavy atom. The lowest BCUT2D eigenvalue weighted by Crippen LogP contribution is -2.13. The van der Waals surface area contributed by atoms with E-state index in [1.165, 1.54) is 21.3 Å². The molecular weight excluding hydrogens is 316 g/mol. The molecule has 0 aliphatic heterocycles. The first-order valence-corrected chi connectivity index (χ1v) is 7.13. The zero-order valence-electron chi connectivity index (χ0n) is 15.1. The largest absolute Gasteiger partial charge is 0.507 e. The van der Waals surface area contributed by atoms with Gasteiger partial charge in [-0.1, -0.05) is 0 Å². The molecule has 0 atom stereocenters. The smallest absolute Gasteiger partial charge is 0.507 e. The number of hydrogen-bond acceptors (Lipinski definition) is 7. The Kier molecular flexibility index (Phi) is 8.52. The van der Waals surface area contributed by atoms with Crippen molar-refractivity contribution in [3.63, 3.8) is 0 Å². The van der Waals surface area contributed by atoms with Crippen molar-refractivity contribution in [1.29, 1.82) is 0 Å². The highest BCUT2D eigenvalue weighted by molar-refractivity contribution is 6.08. The van der Waals surface area contributed by atoms with Crippen LogP contribution in [-0.4, -0.2) is 44.3 Å². The van der Waals surface area contributed by atoms with Gasteiger partial charge < -0.3 is 19.3 Å². The number of phenols is 1. The van der Waals surface area contributed by atoms with Crippen molar-refractivity contribution in [2.75, 3.05) is 21.3 Å². The van der Waals surface area contributed by atoms with Crippen LogP contribution in [0.3, 0.4) is 0 Å². The number of Topliss-reactive ketones (excluding diaryl/α,β-unsaturated/α-hetero) is 1. The number of methoxy groups -OCH3 is 3. The van der Waals surface area contributed by atoms with Crippen molar-refractivity contribution < 1.29 is 33.7 Å². The van der Waals surface area contributed by atoms with E-state index in [0.29, 0.717) is 27.8 Å². The molecule has 0 radical (unpaired) electrons. The molecule has 0 saturated carbocycles. The van der Waals surface area contributed by atoms with Crippen LogP contribution in [-0.2, 0) is 19.0 Å². The Balaban J connectivity index is 0.000000754. The minimum absolute atomic E-state index is 0.208. The summed E-state index contributed by atoms with van der Waals surface area (Å²) in [5.41, 5.74) is 3.28. The molecule has 1 N–H and O–H groups in total. The average molecular weight is 340 g/mol. The zero-order chi connectivity index (χ0) is 19.0. The summed E-state index contributed by atoms with van der Waals surface area (Å²) in [4.78, 5) is 33.0. The number of ether oxygens (including phenoxy) is 3. The number of ketones is 1. The number of hydrogen-bond donors (Lipinski definition) is 1. The molecule has 0 unspecified atom stereocenters. The Labute approximate surface area is 141 Å². The van der Waals surface area contributed by atoms with E-state index in [1.807, 2.05) is 0 Å². The molecule has 0 amide bonds. The molecular formula is C17H24O7. The summed E-state index contributed by atoms with van der Waals surface area (Å²) < 4.78 is 12.6. The summed E-state index contributed by atoms with van der Waals surface area (Å²) in [5, 5.41) is 9.90. The number of benzene rings is 1. The Morgan fingerprint density at radius 2 is 1.21 bits per heavy atom. The van der Waals surface area contributed by atoms with Crippen LogP contribution < -0.4 is 0 Å². The lowest BCUT2D eigenvalue weighted by Gasteiger charge is -2.16. The summed E-state index contributed by atoms with van der Waals surface area (Å²) in [6.07, 6.45) is -0.933. The highest BCUT2D eigenvalue weighted by Gasteiger charge is 2.21. The van der Waals surface area contributed by atoms with Gasteiger partial charge in [-0.3, -0.25) is 9.59 Å². The maximum absolute atomic E-state index is 12.1. The minimum atomic E-state index is -0.657.